The van der Waals surface area contributed by atoms with Crippen molar-refractivity contribution in [3.8, 4) is 0 Å². The number of nitrogens with zero attached hydrogens (tertiary/aromatic N) is 4. The van der Waals surface area contributed by atoms with Crippen molar-refractivity contribution in [3.05, 3.63) is 52.1 Å². The van der Waals surface area contributed by atoms with Crippen molar-refractivity contribution in [2.24, 2.45) is 5.92 Å². The van der Waals surface area contributed by atoms with Gasteiger partial charge in [-0.1, -0.05) is 41.2 Å². The van der Waals surface area contributed by atoms with Crippen molar-refractivity contribution in [3.63, 3.8) is 0 Å². The summed E-state index contributed by atoms with van der Waals surface area (Å²) >= 11 is 1.27. The summed E-state index contributed by atoms with van der Waals surface area (Å²) in [6.45, 7) is 7.54. The minimum atomic E-state index is -0.287. The van der Waals surface area contributed by atoms with Gasteiger partial charge in [-0.3, -0.25) is 19.0 Å². The van der Waals surface area contributed by atoms with Crippen LogP contribution in [-0.2, 0) is 22.7 Å². The summed E-state index contributed by atoms with van der Waals surface area (Å²) in [6.07, 6.45) is 3.09. The average Bonchev–Trinajstić information content (AvgIpc) is 3.26. The van der Waals surface area contributed by atoms with E-state index in [4.69, 9.17) is 0 Å². The molecule has 2 N–H and O–H groups in total. The second-order valence-corrected chi connectivity index (χ2v) is 10.0. The molecule has 1 aromatic carbocycles. The molecule has 2 amide bonds. The molecule has 1 atom stereocenters. The molecule has 9 nitrogen and oxygen atoms in total. The van der Waals surface area contributed by atoms with E-state index in [1.54, 1.807) is 0 Å². The molecule has 0 saturated carbocycles. The molecule has 0 bridgehead atoms. The zero-order chi connectivity index (χ0) is 24.2. The maximum atomic E-state index is 13.0. The fraction of sp³-hybridized carbons (Fsp3) is 0.458. The summed E-state index contributed by atoms with van der Waals surface area (Å²) in [5.41, 5.74) is 2.23. The van der Waals surface area contributed by atoms with E-state index in [9.17, 15) is 14.4 Å². The third-order valence-corrected chi connectivity index (χ3v) is 6.88. The molecule has 2 aromatic heterocycles. The van der Waals surface area contributed by atoms with E-state index in [1.165, 1.54) is 22.2 Å². The topological polar surface area (TPSA) is 109 Å². The normalized spacial score (nSPS) is 16.1. The lowest BCUT2D eigenvalue weighted by Gasteiger charge is -2.32. The van der Waals surface area contributed by atoms with Crippen LogP contribution in [0.3, 0.4) is 0 Å². The Morgan fingerprint density at radius 3 is 2.74 bits per heavy atom. The van der Waals surface area contributed by atoms with Crippen LogP contribution in [0.15, 0.2) is 35.4 Å². The minimum absolute atomic E-state index is 0.0536. The van der Waals surface area contributed by atoms with Crippen LogP contribution in [0.2, 0.25) is 0 Å². The van der Waals surface area contributed by atoms with Gasteiger partial charge in [-0.05, 0) is 39.2 Å². The Hall–Kier alpha value is -3.27. The Morgan fingerprint density at radius 2 is 2.00 bits per heavy atom. The number of benzene rings is 1. The lowest BCUT2D eigenvalue weighted by atomic mass is 9.97. The molecule has 0 radical (unpaired) electrons. The number of amides is 2. The van der Waals surface area contributed by atoms with Crippen LogP contribution < -0.4 is 21.1 Å². The van der Waals surface area contributed by atoms with E-state index >= 15 is 0 Å². The number of carbonyl (C=O) groups excluding carboxylic acids is 2. The van der Waals surface area contributed by atoms with Crippen molar-refractivity contribution in [2.75, 3.05) is 18.0 Å². The molecule has 0 aliphatic carbocycles. The number of rotatable bonds is 7. The fourth-order valence-corrected chi connectivity index (χ4v) is 4.97. The van der Waals surface area contributed by atoms with E-state index in [0.29, 0.717) is 28.6 Å². The Bertz CT molecular complexity index is 1230. The Morgan fingerprint density at radius 1 is 1.24 bits per heavy atom. The first-order valence-corrected chi connectivity index (χ1v) is 12.4. The molecule has 4 rings (SSSR count). The van der Waals surface area contributed by atoms with E-state index < -0.39 is 0 Å². The highest BCUT2D eigenvalue weighted by Gasteiger charge is 2.28. The predicted octanol–water partition coefficient (Wildman–Crippen LogP) is 2.22. The Kier molecular flexibility index (Phi) is 7.26. The Labute approximate surface area is 202 Å². The van der Waals surface area contributed by atoms with Gasteiger partial charge in [0.15, 0.2) is 10.8 Å². The Balaban J connectivity index is 1.43. The van der Waals surface area contributed by atoms with E-state index in [-0.39, 0.29) is 35.9 Å². The van der Waals surface area contributed by atoms with Gasteiger partial charge in [0, 0.05) is 25.7 Å². The number of hydrogen-bond donors (Lipinski definition) is 2. The standard InChI is InChI=1S/C24H30N6O3S/c1-15(2)27-22(32)18-5-4-10-29(12-18)24-28-21-20(34-24)23(33)30(14-26-21)13-19(31)25-11-17-8-6-16(3)7-9-17/h6-9,14-15,18H,4-5,10-13H2,1-3H3,(H,25,31)(H,27,32). The molecule has 3 heterocycles. The van der Waals surface area contributed by atoms with Crippen molar-refractivity contribution in [1.82, 2.24) is 25.2 Å². The fourth-order valence-electron chi connectivity index (χ4n) is 3.97. The van der Waals surface area contributed by atoms with Gasteiger partial charge in [0.2, 0.25) is 11.8 Å². The van der Waals surface area contributed by atoms with E-state index in [2.05, 4.69) is 25.5 Å². The number of hydrogen-bond acceptors (Lipinski definition) is 7. The van der Waals surface area contributed by atoms with Crippen LogP contribution in [-0.4, -0.2) is 45.5 Å². The molecule has 34 heavy (non-hydrogen) atoms. The van der Waals surface area contributed by atoms with Crippen LogP contribution in [0.5, 0.6) is 0 Å². The lowest BCUT2D eigenvalue weighted by molar-refractivity contribution is -0.125. The number of nitrogens with one attached hydrogen (secondary N) is 2. The molecule has 3 aromatic rings. The number of piperidine rings is 1. The highest BCUT2D eigenvalue weighted by atomic mass is 32.1. The maximum absolute atomic E-state index is 13.0. The molecular weight excluding hydrogens is 452 g/mol. The molecule has 1 saturated heterocycles. The smallest absolute Gasteiger partial charge is 0.273 e. The summed E-state index contributed by atoms with van der Waals surface area (Å²) in [4.78, 5) is 48.8. The van der Waals surface area contributed by atoms with Gasteiger partial charge in [0.25, 0.3) is 5.56 Å². The lowest BCUT2D eigenvalue weighted by Crippen LogP contribution is -2.44. The molecule has 180 valence electrons. The zero-order valence-corrected chi connectivity index (χ0v) is 20.5. The maximum Gasteiger partial charge on any atom is 0.273 e. The van der Waals surface area contributed by atoms with Crippen LogP contribution in [0.25, 0.3) is 10.3 Å². The van der Waals surface area contributed by atoms with E-state index in [0.717, 1.165) is 30.5 Å². The average molecular weight is 483 g/mol. The van der Waals surface area contributed by atoms with Crippen molar-refractivity contribution in [1.29, 1.82) is 0 Å². The number of carbonyl (C=O) groups is 2. The SMILES string of the molecule is Cc1ccc(CNC(=O)Cn2cnc3nc(N4CCCC(C(=O)NC(C)C)C4)sc3c2=O)cc1. The first kappa shape index (κ1) is 23.9. The van der Waals surface area contributed by atoms with Crippen molar-refractivity contribution < 1.29 is 9.59 Å². The molecule has 0 spiro atoms. The first-order valence-electron chi connectivity index (χ1n) is 11.5. The summed E-state index contributed by atoms with van der Waals surface area (Å²) in [5.74, 6) is -0.313. The highest BCUT2D eigenvalue weighted by molar-refractivity contribution is 7.22. The number of aryl methyl sites for hydroxylation is 1. The molecule has 10 heteroatoms. The minimum Gasteiger partial charge on any atom is -0.354 e. The number of anilines is 1. The number of thiazole rings is 1. The van der Waals surface area contributed by atoms with E-state index in [1.807, 2.05) is 45.0 Å². The molecular formula is C24H30N6O3S. The van der Waals surface area contributed by atoms with Gasteiger partial charge in [-0.2, -0.15) is 4.98 Å². The van der Waals surface area contributed by atoms with Crippen LogP contribution in [0.4, 0.5) is 5.13 Å². The third kappa shape index (κ3) is 5.61. The third-order valence-electron chi connectivity index (χ3n) is 5.79. The second kappa shape index (κ2) is 10.3. The van der Waals surface area contributed by atoms with Gasteiger partial charge in [-0.25, -0.2) is 4.98 Å². The predicted molar refractivity (Wildman–Crippen MR) is 133 cm³/mol. The van der Waals surface area contributed by atoms with Crippen LogP contribution in [0, 0.1) is 12.8 Å². The molecule has 1 aliphatic rings. The quantitative estimate of drug-likeness (QED) is 0.535. The van der Waals surface area contributed by atoms with Gasteiger partial charge in [-0.15, -0.1) is 0 Å². The highest BCUT2D eigenvalue weighted by Crippen LogP contribution is 2.29. The summed E-state index contributed by atoms with van der Waals surface area (Å²) < 4.78 is 1.72. The summed E-state index contributed by atoms with van der Waals surface area (Å²) in [7, 11) is 0. The molecule has 1 aliphatic heterocycles. The van der Waals surface area contributed by atoms with Gasteiger partial charge in [0.05, 0.1) is 5.92 Å². The van der Waals surface area contributed by atoms with Crippen LogP contribution >= 0.6 is 11.3 Å². The molecule has 1 fully saturated rings. The summed E-state index contributed by atoms with van der Waals surface area (Å²) in [5, 5.41) is 6.51. The van der Waals surface area contributed by atoms with Gasteiger partial charge < -0.3 is 15.5 Å². The van der Waals surface area contributed by atoms with Crippen molar-refractivity contribution in [2.45, 2.75) is 52.7 Å². The van der Waals surface area contributed by atoms with Crippen LogP contribution in [0.1, 0.15) is 37.8 Å². The number of fused-ring (bicyclic) bond motifs is 1. The monoisotopic (exact) mass is 482 g/mol. The second-order valence-electron chi connectivity index (χ2n) is 9.04. The largest absolute Gasteiger partial charge is 0.354 e. The van der Waals surface area contributed by atoms with Gasteiger partial charge in [0.1, 0.15) is 17.6 Å². The van der Waals surface area contributed by atoms with Gasteiger partial charge >= 0.3 is 0 Å². The summed E-state index contributed by atoms with van der Waals surface area (Å²) in [6, 6.07) is 8.01. The zero-order valence-electron chi connectivity index (χ0n) is 19.7. The first-order chi connectivity index (χ1) is 16.3. The van der Waals surface area contributed by atoms with Crippen molar-refractivity contribution >= 4 is 38.6 Å². The number of aromatic nitrogens is 3. The molecule has 1 unspecified atom stereocenters.